The van der Waals surface area contributed by atoms with Crippen molar-refractivity contribution in [3.63, 3.8) is 0 Å². The molecule has 3 rings (SSSR count). The van der Waals surface area contributed by atoms with Gasteiger partial charge in [-0.3, -0.25) is 4.79 Å². The summed E-state index contributed by atoms with van der Waals surface area (Å²) in [5.41, 5.74) is 1.48. The quantitative estimate of drug-likeness (QED) is 0.386. The Morgan fingerprint density at radius 2 is 1.93 bits per heavy atom. The van der Waals surface area contributed by atoms with E-state index >= 15 is 0 Å². The molecule has 0 aliphatic carbocycles. The van der Waals surface area contributed by atoms with E-state index in [9.17, 15) is 4.79 Å². The molecule has 142 valence electrons. The Morgan fingerprint density at radius 3 is 2.67 bits per heavy atom. The number of unbranched alkanes of at least 4 members (excludes halogenated alkanes) is 1. The van der Waals surface area contributed by atoms with Crippen molar-refractivity contribution in [3.05, 3.63) is 48.0 Å². The van der Waals surface area contributed by atoms with E-state index in [4.69, 9.17) is 9.47 Å². The Bertz CT molecular complexity index is 890. The average Bonchev–Trinajstić information content (AvgIpc) is 3.11. The summed E-state index contributed by atoms with van der Waals surface area (Å²) >= 11 is 1.51. The Labute approximate surface area is 163 Å². The van der Waals surface area contributed by atoms with Crippen LogP contribution in [0.25, 0.3) is 10.2 Å². The molecule has 0 saturated carbocycles. The monoisotopic (exact) mass is 384 g/mol. The molecule has 0 spiro atoms. The van der Waals surface area contributed by atoms with Gasteiger partial charge in [-0.25, -0.2) is 4.98 Å². The summed E-state index contributed by atoms with van der Waals surface area (Å²) in [5, 5.41) is 3.84. The predicted octanol–water partition coefficient (Wildman–Crippen LogP) is 5.17. The van der Waals surface area contributed by atoms with Crippen molar-refractivity contribution in [1.82, 2.24) is 4.98 Å². The van der Waals surface area contributed by atoms with E-state index < -0.39 is 0 Å². The number of rotatable bonds is 10. The molecule has 1 heterocycles. The zero-order chi connectivity index (χ0) is 19.1. The molecule has 0 aliphatic rings. The number of fused-ring (bicyclic) bond motifs is 1. The van der Waals surface area contributed by atoms with Crippen LogP contribution in [-0.2, 0) is 0 Å². The van der Waals surface area contributed by atoms with Crippen LogP contribution in [0.1, 0.15) is 37.0 Å². The summed E-state index contributed by atoms with van der Waals surface area (Å²) in [7, 11) is 0. The molecule has 3 aromatic rings. The molecule has 0 bridgehead atoms. The molecule has 27 heavy (non-hydrogen) atoms. The Kier molecular flexibility index (Phi) is 6.65. The molecule has 1 aromatic heterocycles. The van der Waals surface area contributed by atoms with Crippen LogP contribution in [0.4, 0.5) is 5.13 Å². The molecule has 0 radical (unpaired) electrons. The first-order chi connectivity index (χ1) is 13.2. The first kappa shape index (κ1) is 19.2. The van der Waals surface area contributed by atoms with Crippen LogP contribution >= 0.6 is 11.3 Å². The highest BCUT2D eigenvalue weighted by Gasteiger charge is 2.11. The van der Waals surface area contributed by atoms with Crippen molar-refractivity contribution in [2.75, 3.05) is 25.1 Å². The number of para-hydroxylation sites is 1. The van der Waals surface area contributed by atoms with Gasteiger partial charge >= 0.3 is 0 Å². The minimum Gasteiger partial charge on any atom is -0.494 e. The standard InChI is InChI=1S/C21H24N2O3S/c1-3-5-13-26-16-11-9-15(10-12-16)17(24)14-22-21-23-20-18(25-4-2)7-6-8-19(20)27-21/h6-12H,3-5,13-14H2,1-2H3,(H,22,23). The van der Waals surface area contributed by atoms with Crippen molar-refractivity contribution in [2.24, 2.45) is 0 Å². The number of anilines is 1. The van der Waals surface area contributed by atoms with Crippen molar-refractivity contribution in [3.8, 4) is 11.5 Å². The van der Waals surface area contributed by atoms with Crippen molar-refractivity contribution >= 4 is 32.5 Å². The van der Waals surface area contributed by atoms with Crippen LogP contribution in [0.5, 0.6) is 11.5 Å². The van der Waals surface area contributed by atoms with E-state index in [0.717, 1.165) is 34.6 Å². The van der Waals surface area contributed by atoms with Gasteiger partial charge in [0.2, 0.25) is 0 Å². The Hall–Kier alpha value is -2.60. The summed E-state index contributed by atoms with van der Waals surface area (Å²) in [6.45, 7) is 5.56. The van der Waals surface area contributed by atoms with Gasteiger partial charge in [0.15, 0.2) is 10.9 Å². The minimum atomic E-state index is 0.0133. The number of ether oxygens (including phenoxy) is 2. The number of Topliss-reactive ketones (excluding diaryl/α,β-unsaturated/α-hetero) is 1. The molecule has 5 nitrogen and oxygen atoms in total. The lowest BCUT2D eigenvalue weighted by Gasteiger charge is -2.06. The van der Waals surface area contributed by atoms with E-state index in [2.05, 4.69) is 17.2 Å². The molecular weight excluding hydrogens is 360 g/mol. The number of benzene rings is 2. The fraction of sp³-hybridized carbons (Fsp3) is 0.333. The molecular formula is C21H24N2O3S. The average molecular weight is 385 g/mol. The second-order valence-electron chi connectivity index (χ2n) is 6.06. The summed E-state index contributed by atoms with van der Waals surface area (Å²) in [6.07, 6.45) is 2.12. The van der Waals surface area contributed by atoms with Crippen molar-refractivity contribution < 1.29 is 14.3 Å². The first-order valence-corrected chi connectivity index (χ1v) is 10.0. The van der Waals surface area contributed by atoms with Gasteiger partial charge in [-0.05, 0) is 49.7 Å². The molecule has 6 heteroatoms. The maximum Gasteiger partial charge on any atom is 0.184 e. The second-order valence-corrected chi connectivity index (χ2v) is 7.09. The zero-order valence-electron chi connectivity index (χ0n) is 15.7. The number of ketones is 1. The smallest absolute Gasteiger partial charge is 0.184 e. The molecule has 1 N–H and O–H groups in total. The largest absolute Gasteiger partial charge is 0.494 e. The fourth-order valence-electron chi connectivity index (χ4n) is 2.60. The summed E-state index contributed by atoms with van der Waals surface area (Å²) < 4.78 is 12.3. The number of carbonyl (C=O) groups is 1. The summed E-state index contributed by atoms with van der Waals surface area (Å²) in [4.78, 5) is 17.0. The van der Waals surface area contributed by atoms with Crippen LogP contribution in [0.3, 0.4) is 0 Å². The van der Waals surface area contributed by atoms with Gasteiger partial charge in [0.25, 0.3) is 0 Å². The van der Waals surface area contributed by atoms with Crippen LogP contribution in [0.2, 0.25) is 0 Å². The number of hydrogen-bond donors (Lipinski definition) is 1. The van der Waals surface area contributed by atoms with Gasteiger partial charge in [0.1, 0.15) is 17.0 Å². The number of thiazole rings is 1. The van der Waals surface area contributed by atoms with E-state index in [1.54, 1.807) is 12.1 Å². The van der Waals surface area contributed by atoms with E-state index in [1.165, 1.54) is 11.3 Å². The lowest BCUT2D eigenvalue weighted by atomic mass is 10.1. The number of aromatic nitrogens is 1. The third-order valence-corrected chi connectivity index (χ3v) is 5.00. The summed E-state index contributed by atoms with van der Waals surface area (Å²) in [5.74, 6) is 1.58. The highest BCUT2D eigenvalue weighted by molar-refractivity contribution is 7.22. The lowest BCUT2D eigenvalue weighted by Crippen LogP contribution is -2.13. The lowest BCUT2D eigenvalue weighted by molar-refractivity contribution is 0.101. The van der Waals surface area contributed by atoms with E-state index in [0.29, 0.717) is 23.9 Å². The molecule has 0 unspecified atom stereocenters. The number of carbonyl (C=O) groups excluding carboxylic acids is 1. The zero-order valence-corrected chi connectivity index (χ0v) is 16.5. The third kappa shape index (κ3) is 4.98. The molecule has 0 fully saturated rings. The number of nitrogens with zero attached hydrogens (tertiary/aromatic N) is 1. The van der Waals surface area contributed by atoms with Gasteiger partial charge in [0, 0.05) is 5.56 Å². The highest BCUT2D eigenvalue weighted by Crippen LogP contribution is 2.32. The van der Waals surface area contributed by atoms with Crippen LogP contribution < -0.4 is 14.8 Å². The maximum absolute atomic E-state index is 12.4. The Balaban J connectivity index is 1.60. The second kappa shape index (κ2) is 9.37. The molecule has 2 aromatic carbocycles. The van der Waals surface area contributed by atoms with Gasteiger partial charge in [-0.1, -0.05) is 30.7 Å². The van der Waals surface area contributed by atoms with E-state index in [1.807, 2.05) is 37.3 Å². The van der Waals surface area contributed by atoms with Gasteiger partial charge < -0.3 is 14.8 Å². The van der Waals surface area contributed by atoms with E-state index in [-0.39, 0.29) is 12.3 Å². The fourth-order valence-corrected chi connectivity index (χ4v) is 3.48. The molecule has 0 aliphatic heterocycles. The molecule has 0 atom stereocenters. The van der Waals surface area contributed by atoms with Crippen LogP contribution in [-0.4, -0.2) is 30.5 Å². The third-order valence-electron chi connectivity index (χ3n) is 4.02. The van der Waals surface area contributed by atoms with Gasteiger partial charge in [-0.15, -0.1) is 0 Å². The molecule has 0 saturated heterocycles. The number of hydrogen-bond acceptors (Lipinski definition) is 6. The highest BCUT2D eigenvalue weighted by atomic mass is 32.1. The topological polar surface area (TPSA) is 60.5 Å². The SMILES string of the molecule is CCCCOc1ccc(C(=O)CNc2nc3c(OCC)cccc3s2)cc1. The maximum atomic E-state index is 12.4. The van der Waals surface area contributed by atoms with Gasteiger partial charge in [-0.2, -0.15) is 0 Å². The van der Waals surface area contributed by atoms with Crippen molar-refractivity contribution in [2.45, 2.75) is 26.7 Å². The minimum absolute atomic E-state index is 0.0133. The first-order valence-electron chi connectivity index (χ1n) is 9.23. The predicted molar refractivity (Wildman–Crippen MR) is 110 cm³/mol. The van der Waals surface area contributed by atoms with Gasteiger partial charge in [0.05, 0.1) is 24.5 Å². The Morgan fingerprint density at radius 1 is 1.11 bits per heavy atom. The van der Waals surface area contributed by atoms with Crippen LogP contribution in [0.15, 0.2) is 42.5 Å². The van der Waals surface area contributed by atoms with Crippen LogP contribution in [0, 0.1) is 0 Å². The summed E-state index contributed by atoms with van der Waals surface area (Å²) in [6, 6.07) is 13.1. The normalized spacial score (nSPS) is 10.7. The molecule has 0 amide bonds. The number of nitrogens with one attached hydrogen (secondary N) is 1. The van der Waals surface area contributed by atoms with Crippen molar-refractivity contribution in [1.29, 1.82) is 0 Å².